The second-order valence-electron chi connectivity index (χ2n) is 5.01. The molecule has 0 amide bonds. The molecule has 1 aliphatic carbocycles. The Morgan fingerprint density at radius 3 is 2.53 bits per heavy atom. The molecule has 0 heterocycles. The minimum Gasteiger partial charge on any atom is -0.481 e. The summed E-state index contributed by atoms with van der Waals surface area (Å²) in [7, 11) is -3.51. The van der Waals surface area contributed by atoms with E-state index in [1.165, 1.54) is 4.31 Å². The Bertz CT molecular complexity index is 397. The van der Waals surface area contributed by atoms with Crippen LogP contribution in [-0.2, 0) is 14.8 Å². The first kappa shape index (κ1) is 16.4. The fraction of sp³-hybridized carbons (Fsp3) is 0.917. The third-order valence-electron chi connectivity index (χ3n) is 3.78. The average molecular weight is 292 g/mol. The van der Waals surface area contributed by atoms with E-state index in [9.17, 15) is 13.2 Å². The van der Waals surface area contributed by atoms with Gasteiger partial charge in [0, 0.05) is 12.6 Å². The van der Waals surface area contributed by atoms with Crippen molar-refractivity contribution in [2.24, 2.45) is 11.7 Å². The van der Waals surface area contributed by atoms with Gasteiger partial charge < -0.3 is 10.8 Å². The van der Waals surface area contributed by atoms with Crippen molar-refractivity contribution in [3.8, 4) is 0 Å². The summed E-state index contributed by atoms with van der Waals surface area (Å²) < 4.78 is 26.0. The highest BCUT2D eigenvalue weighted by molar-refractivity contribution is 7.89. The molecule has 3 N–H and O–H groups in total. The molecule has 112 valence electrons. The second-order valence-corrected chi connectivity index (χ2v) is 7.05. The maximum Gasteiger partial charge on any atom is 0.304 e. The minimum absolute atomic E-state index is 0.0671. The average Bonchev–Trinajstić information content (AvgIpc) is 2.37. The maximum atomic E-state index is 12.2. The van der Waals surface area contributed by atoms with Gasteiger partial charge in [0.15, 0.2) is 0 Å². The van der Waals surface area contributed by atoms with Crippen LogP contribution in [0.15, 0.2) is 0 Å². The first-order chi connectivity index (χ1) is 8.92. The van der Waals surface area contributed by atoms with E-state index in [0.29, 0.717) is 13.1 Å². The van der Waals surface area contributed by atoms with Gasteiger partial charge in [0.1, 0.15) is 0 Å². The lowest BCUT2D eigenvalue weighted by Gasteiger charge is -2.38. The fourth-order valence-corrected chi connectivity index (χ4v) is 4.56. The van der Waals surface area contributed by atoms with Crippen molar-refractivity contribution in [3.63, 3.8) is 0 Å². The molecule has 0 spiro atoms. The monoisotopic (exact) mass is 292 g/mol. The summed E-state index contributed by atoms with van der Waals surface area (Å²) in [6, 6.07) is -0.0671. The van der Waals surface area contributed by atoms with Crippen LogP contribution < -0.4 is 5.73 Å². The Morgan fingerprint density at radius 2 is 2.00 bits per heavy atom. The Morgan fingerprint density at radius 1 is 1.37 bits per heavy atom. The number of sulfonamides is 1. The predicted octanol–water partition coefficient (Wildman–Crippen LogP) is 0.630. The van der Waals surface area contributed by atoms with E-state index in [1.54, 1.807) is 6.92 Å². The molecule has 6 nitrogen and oxygen atoms in total. The van der Waals surface area contributed by atoms with Crippen LogP contribution in [0, 0.1) is 5.92 Å². The lowest BCUT2D eigenvalue weighted by Crippen LogP contribution is -2.48. The van der Waals surface area contributed by atoms with Crippen LogP contribution in [-0.4, -0.2) is 48.7 Å². The zero-order chi connectivity index (χ0) is 14.5. The van der Waals surface area contributed by atoms with Gasteiger partial charge >= 0.3 is 5.97 Å². The van der Waals surface area contributed by atoms with E-state index >= 15 is 0 Å². The van der Waals surface area contributed by atoms with E-state index < -0.39 is 16.0 Å². The summed E-state index contributed by atoms with van der Waals surface area (Å²) in [4.78, 5) is 10.6. The lowest BCUT2D eigenvalue weighted by atomic mass is 9.84. The zero-order valence-corrected chi connectivity index (χ0v) is 12.2. The summed E-state index contributed by atoms with van der Waals surface area (Å²) in [5.41, 5.74) is 5.74. The Hall–Kier alpha value is -0.660. The normalized spacial score (nSPS) is 24.6. The van der Waals surface area contributed by atoms with Crippen LogP contribution >= 0.6 is 0 Å². The molecule has 7 heteroatoms. The molecule has 1 fully saturated rings. The molecular formula is C12H24N2O4S. The molecule has 0 saturated heterocycles. The maximum absolute atomic E-state index is 12.2. The van der Waals surface area contributed by atoms with Gasteiger partial charge in [-0.2, -0.15) is 4.31 Å². The van der Waals surface area contributed by atoms with E-state index in [1.807, 2.05) is 0 Å². The number of nitrogens with two attached hydrogens (primary N) is 1. The Kier molecular flexibility index (Phi) is 6.22. The SMILES string of the molecule is CCN(C1CCCCC1CN)S(=O)(=O)CCC(=O)O. The van der Waals surface area contributed by atoms with Crippen LogP contribution in [0.2, 0.25) is 0 Å². The van der Waals surface area contributed by atoms with Crippen LogP contribution in [0.4, 0.5) is 0 Å². The van der Waals surface area contributed by atoms with Crippen molar-refractivity contribution in [1.29, 1.82) is 0 Å². The summed E-state index contributed by atoms with van der Waals surface area (Å²) in [5, 5.41) is 8.64. The minimum atomic E-state index is -3.51. The van der Waals surface area contributed by atoms with Gasteiger partial charge in [0.2, 0.25) is 10.0 Å². The number of nitrogens with zero attached hydrogens (tertiary/aromatic N) is 1. The largest absolute Gasteiger partial charge is 0.481 e. The molecule has 0 bridgehead atoms. The number of aliphatic carboxylic acids is 1. The van der Waals surface area contributed by atoms with Gasteiger partial charge in [-0.15, -0.1) is 0 Å². The molecule has 0 aromatic rings. The fourth-order valence-electron chi connectivity index (χ4n) is 2.81. The molecule has 2 atom stereocenters. The van der Waals surface area contributed by atoms with Gasteiger partial charge in [-0.3, -0.25) is 4.79 Å². The van der Waals surface area contributed by atoms with Crippen LogP contribution in [0.3, 0.4) is 0 Å². The van der Waals surface area contributed by atoms with Crippen molar-refractivity contribution < 1.29 is 18.3 Å². The molecule has 0 radical (unpaired) electrons. The zero-order valence-electron chi connectivity index (χ0n) is 11.4. The molecular weight excluding hydrogens is 268 g/mol. The third-order valence-corrected chi connectivity index (χ3v) is 5.75. The van der Waals surface area contributed by atoms with Gasteiger partial charge in [0.05, 0.1) is 12.2 Å². The first-order valence-corrected chi connectivity index (χ1v) is 8.44. The topological polar surface area (TPSA) is 101 Å². The number of hydrogen-bond donors (Lipinski definition) is 2. The summed E-state index contributed by atoms with van der Waals surface area (Å²) in [5.74, 6) is -1.23. The highest BCUT2D eigenvalue weighted by Gasteiger charge is 2.35. The van der Waals surface area contributed by atoms with Gasteiger partial charge in [-0.25, -0.2) is 8.42 Å². The van der Waals surface area contributed by atoms with Gasteiger partial charge in [-0.1, -0.05) is 19.8 Å². The highest BCUT2D eigenvalue weighted by Crippen LogP contribution is 2.29. The summed E-state index contributed by atoms with van der Waals surface area (Å²) in [6.07, 6.45) is 3.52. The highest BCUT2D eigenvalue weighted by atomic mass is 32.2. The molecule has 2 unspecified atom stereocenters. The van der Waals surface area contributed by atoms with Gasteiger partial charge in [0.25, 0.3) is 0 Å². The molecule has 1 aliphatic rings. The number of carboxylic acid groups (broad SMARTS) is 1. The molecule has 19 heavy (non-hydrogen) atoms. The van der Waals surface area contributed by atoms with Crippen molar-refractivity contribution in [3.05, 3.63) is 0 Å². The summed E-state index contributed by atoms with van der Waals surface area (Å²) >= 11 is 0. The molecule has 0 aromatic carbocycles. The van der Waals surface area contributed by atoms with E-state index in [0.717, 1.165) is 25.7 Å². The Balaban J connectivity index is 2.82. The van der Waals surface area contributed by atoms with E-state index in [4.69, 9.17) is 10.8 Å². The van der Waals surface area contributed by atoms with Gasteiger partial charge in [-0.05, 0) is 25.3 Å². The molecule has 1 saturated carbocycles. The van der Waals surface area contributed by atoms with Crippen molar-refractivity contribution in [2.45, 2.75) is 45.1 Å². The van der Waals surface area contributed by atoms with Crippen LogP contribution in [0.25, 0.3) is 0 Å². The smallest absolute Gasteiger partial charge is 0.304 e. The predicted molar refractivity (Wildman–Crippen MR) is 73.2 cm³/mol. The van der Waals surface area contributed by atoms with Crippen molar-refractivity contribution in [1.82, 2.24) is 4.31 Å². The molecule has 0 aliphatic heterocycles. The summed E-state index contributed by atoms with van der Waals surface area (Å²) in [6.45, 7) is 2.65. The lowest BCUT2D eigenvalue weighted by molar-refractivity contribution is -0.136. The standard InChI is InChI=1S/C12H24N2O4S/c1-2-14(19(17,18)8-7-12(15)16)11-6-4-3-5-10(11)9-13/h10-11H,2-9,13H2,1H3,(H,15,16). The van der Waals surface area contributed by atoms with Crippen molar-refractivity contribution in [2.75, 3.05) is 18.8 Å². The van der Waals surface area contributed by atoms with Crippen LogP contribution in [0.1, 0.15) is 39.0 Å². The number of hydrogen-bond acceptors (Lipinski definition) is 4. The quantitative estimate of drug-likeness (QED) is 0.717. The third kappa shape index (κ3) is 4.43. The second kappa shape index (κ2) is 7.21. The Labute approximate surface area is 115 Å². The number of carbonyl (C=O) groups is 1. The molecule has 0 aromatic heterocycles. The first-order valence-electron chi connectivity index (χ1n) is 6.83. The number of carboxylic acids is 1. The van der Waals surface area contributed by atoms with E-state index in [2.05, 4.69) is 0 Å². The van der Waals surface area contributed by atoms with Crippen molar-refractivity contribution >= 4 is 16.0 Å². The number of rotatable bonds is 7. The molecule has 1 rings (SSSR count). The van der Waals surface area contributed by atoms with E-state index in [-0.39, 0.29) is 24.1 Å². The van der Waals surface area contributed by atoms with Crippen LogP contribution in [0.5, 0.6) is 0 Å².